The van der Waals surface area contributed by atoms with E-state index in [4.69, 9.17) is 25.6 Å². The average molecular weight is 226 g/mol. The summed E-state index contributed by atoms with van der Waals surface area (Å²) in [7, 11) is 1.48. The molecule has 0 spiro atoms. The largest absolute Gasteiger partial charge is 0.381 e. The fourth-order valence-corrected chi connectivity index (χ4v) is 1.57. The molecule has 4 N–H and O–H groups in total. The molecule has 0 radical (unpaired) electrons. The van der Waals surface area contributed by atoms with Crippen LogP contribution in [0.1, 0.15) is 12.8 Å². The van der Waals surface area contributed by atoms with Gasteiger partial charge in [-0.1, -0.05) is 0 Å². The molecule has 1 fully saturated rings. The fourth-order valence-electron chi connectivity index (χ4n) is 1.57. The molecule has 0 bridgehead atoms. The van der Waals surface area contributed by atoms with Gasteiger partial charge < -0.3 is 4.74 Å². The predicted octanol–water partition coefficient (Wildman–Crippen LogP) is -0.444. The Bertz CT molecular complexity index is 172. The molecule has 1 saturated carbocycles. The van der Waals surface area contributed by atoms with Crippen LogP contribution in [0.2, 0.25) is 0 Å². The minimum absolute atomic E-state index is 0.208. The van der Waals surface area contributed by atoms with Crippen LogP contribution in [0.5, 0.6) is 0 Å². The van der Waals surface area contributed by atoms with E-state index in [1.807, 2.05) is 0 Å². The molecule has 90 valence electrons. The van der Waals surface area contributed by atoms with Gasteiger partial charge in [0.25, 0.3) is 0 Å². The van der Waals surface area contributed by atoms with Crippen LogP contribution in [0, 0.1) is 0 Å². The molecule has 9 nitrogen and oxygen atoms in total. The molecule has 0 aromatic carbocycles. The van der Waals surface area contributed by atoms with Crippen LogP contribution >= 0.6 is 0 Å². The Morgan fingerprint density at radius 2 is 1.33 bits per heavy atom. The van der Waals surface area contributed by atoms with Gasteiger partial charge in [-0.3, -0.25) is 20.8 Å². The number of hydrogen-bond donors (Lipinski definition) is 4. The highest BCUT2D eigenvalue weighted by atomic mass is 17.1. The van der Waals surface area contributed by atoms with Crippen LogP contribution < -0.4 is 0 Å². The van der Waals surface area contributed by atoms with E-state index in [-0.39, 0.29) is 6.10 Å². The second-order valence-corrected chi connectivity index (χ2v) is 3.12. The van der Waals surface area contributed by atoms with Crippen molar-refractivity contribution >= 4 is 0 Å². The predicted molar refractivity (Wildman–Crippen MR) is 40.6 cm³/mol. The van der Waals surface area contributed by atoms with Crippen molar-refractivity contribution in [2.75, 3.05) is 7.11 Å². The van der Waals surface area contributed by atoms with Gasteiger partial charge in [0.1, 0.15) is 12.2 Å². The smallest absolute Gasteiger partial charge is 0.115 e. The van der Waals surface area contributed by atoms with E-state index in [2.05, 4.69) is 9.68 Å². The van der Waals surface area contributed by atoms with Gasteiger partial charge in [-0.25, -0.2) is 9.68 Å². The van der Waals surface area contributed by atoms with Gasteiger partial charge in [-0.2, -0.15) is 0 Å². The first kappa shape index (κ1) is 12.7. The fraction of sp³-hybridized carbons (Fsp3) is 1.00. The summed E-state index contributed by atoms with van der Waals surface area (Å²) in [4.78, 5) is 9.09. The number of nitrogens with zero attached hydrogens (tertiary/aromatic N) is 2. The third-order valence-electron chi connectivity index (χ3n) is 2.20. The Morgan fingerprint density at radius 1 is 0.933 bits per heavy atom. The summed E-state index contributed by atoms with van der Waals surface area (Å²) in [5, 5.41) is 32.9. The highest BCUT2D eigenvalue weighted by Crippen LogP contribution is 2.27. The van der Waals surface area contributed by atoms with E-state index in [1.54, 1.807) is 0 Å². The van der Waals surface area contributed by atoms with E-state index in [1.165, 1.54) is 7.11 Å². The Morgan fingerprint density at radius 3 is 1.60 bits per heavy atom. The van der Waals surface area contributed by atoms with Crippen molar-refractivity contribution < 1.29 is 35.2 Å². The molecule has 9 heteroatoms. The molecule has 15 heavy (non-hydrogen) atoms. The van der Waals surface area contributed by atoms with Gasteiger partial charge in [0.2, 0.25) is 0 Å². The number of ether oxygens (including phenoxy) is 1. The molecule has 1 unspecified atom stereocenters. The van der Waals surface area contributed by atoms with Crippen molar-refractivity contribution in [3.8, 4) is 0 Å². The molecular formula is C6H14N2O7. The zero-order valence-corrected chi connectivity index (χ0v) is 8.05. The zero-order chi connectivity index (χ0) is 11.4. The molecule has 0 amide bonds. The van der Waals surface area contributed by atoms with Crippen LogP contribution in [-0.2, 0) is 14.4 Å². The molecule has 0 aromatic rings. The minimum Gasteiger partial charge on any atom is -0.381 e. The summed E-state index contributed by atoms with van der Waals surface area (Å²) < 4.78 is 5.01. The Hall–Kier alpha value is -0.360. The normalized spacial score (nSPS) is 31.8. The molecule has 3 atom stereocenters. The Kier molecular flexibility index (Phi) is 4.79. The van der Waals surface area contributed by atoms with E-state index >= 15 is 0 Å². The van der Waals surface area contributed by atoms with Gasteiger partial charge in [0.15, 0.2) is 0 Å². The average Bonchev–Trinajstić information content (AvgIpc) is 2.46. The Labute approximate surface area is 85.3 Å². The van der Waals surface area contributed by atoms with Crippen molar-refractivity contribution in [3.63, 3.8) is 0 Å². The van der Waals surface area contributed by atoms with Gasteiger partial charge >= 0.3 is 0 Å². The highest BCUT2D eigenvalue weighted by molar-refractivity contribution is 4.85. The lowest BCUT2D eigenvalue weighted by Crippen LogP contribution is -2.35. The number of methoxy groups -OCH3 is 1. The molecule has 0 aliphatic heterocycles. The van der Waals surface area contributed by atoms with Crippen molar-refractivity contribution in [1.82, 2.24) is 10.8 Å². The lowest BCUT2D eigenvalue weighted by Gasteiger charge is -2.20. The maximum absolute atomic E-state index is 8.46. The molecule has 0 saturated heterocycles. The van der Waals surface area contributed by atoms with Gasteiger partial charge in [-0.05, 0) is 0 Å². The first-order chi connectivity index (χ1) is 7.02. The third kappa shape index (κ3) is 3.95. The summed E-state index contributed by atoms with van der Waals surface area (Å²) in [5.41, 5.74) is 0. The topological polar surface area (TPSA) is 115 Å². The second-order valence-electron chi connectivity index (χ2n) is 3.12. The number of rotatable bonds is 5. The van der Waals surface area contributed by atoms with Gasteiger partial charge in [0, 0.05) is 20.0 Å². The molecule has 1 rings (SSSR count). The van der Waals surface area contributed by atoms with Crippen LogP contribution in [0.25, 0.3) is 0 Å². The SMILES string of the molecule is COC1C[C@H](ON(O)O)[C@H](ON(O)O)C1. The first-order valence-electron chi connectivity index (χ1n) is 4.25. The highest BCUT2D eigenvalue weighted by Gasteiger charge is 2.39. The van der Waals surface area contributed by atoms with E-state index < -0.39 is 23.0 Å². The van der Waals surface area contributed by atoms with Gasteiger partial charge in [0.05, 0.1) is 16.9 Å². The minimum atomic E-state index is -0.744. The second kappa shape index (κ2) is 5.65. The van der Waals surface area contributed by atoms with Crippen LogP contribution in [0.4, 0.5) is 0 Å². The summed E-state index contributed by atoms with van der Waals surface area (Å²) in [6, 6.07) is 0. The first-order valence-corrected chi connectivity index (χ1v) is 4.25. The van der Waals surface area contributed by atoms with Crippen molar-refractivity contribution in [1.29, 1.82) is 0 Å². The molecule has 1 aliphatic carbocycles. The van der Waals surface area contributed by atoms with Crippen LogP contribution in [0.3, 0.4) is 0 Å². The Balaban J connectivity index is 2.49. The van der Waals surface area contributed by atoms with E-state index in [9.17, 15) is 0 Å². The third-order valence-corrected chi connectivity index (χ3v) is 2.20. The quantitative estimate of drug-likeness (QED) is 0.463. The summed E-state index contributed by atoms with van der Waals surface area (Å²) >= 11 is 0. The maximum Gasteiger partial charge on any atom is 0.115 e. The van der Waals surface area contributed by atoms with E-state index in [0.717, 1.165) is 0 Å². The standard InChI is InChI=1S/C6H14N2O7/c1-13-4-2-5(14-7(9)10)6(3-4)15-8(11)12/h4-6,9-12H,2-3H2,1H3/t4?,5-,6+. The molecular weight excluding hydrogens is 212 g/mol. The van der Waals surface area contributed by atoms with Gasteiger partial charge in [-0.15, -0.1) is 0 Å². The molecule has 0 heterocycles. The monoisotopic (exact) mass is 226 g/mol. The van der Waals surface area contributed by atoms with Crippen molar-refractivity contribution in [2.45, 2.75) is 31.2 Å². The summed E-state index contributed by atoms with van der Waals surface area (Å²) in [6.07, 6.45) is -1.02. The molecule has 1 aliphatic rings. The lowest BCUT2D eigenvalue weighted by molar-refractivity contribution is -0.535. The van der Waals surface area contributed by atoms with Crippen molar-refractivity contribution in [2.24, 2.45) is 0 Å². The van der Waals surface area contributed by atoms with Crippen LogP contribution in [0.15, 0.2) is 0 Å². The van der Waals surface area contributed by atoms with E-state index in [0.29, 0.717) is 12.8 Å². The lowest BCUT2D eigenvalue weighted by atomic mass is 10.3. The molecule has 0 aromatic heterocycles. The van der Waals surface area contributed by atoms with Crippen molar-refractivity contribution in [3.05, 3.63) is 0 Å². The zero-order valence-electron chi connectivity index (χ0n) is 8.05. The maximum atomic E-state index is 8.46. The summed E-state index contributed by atoms with van der Waals surface area (Å²) in [6.45, 7) is 0. The number of hydrogen-bond acceptors (Lipinski definition) is 9. The summed E-state index contributed by atoms with van der Waals surface area (Å²) in [5.74, 6) is 0. The van der Waals surface area contributed by atoms with Crippen LogP contribution in [-0.4, -0.2) is 57.0 Å².